The number of thiophene rings is 1. The van der Waals surface area contributed by atoms with E-state index in [1.807, 2.05) is 49.4 Å². The van der Waals surface area contributed by atoms with E-state index in [1.54, 1.807) is 25.6 Å². The van der Waals surface area contributed by atoms with Gasteiger partial charge in [-0.3, -0.25) is 4.79 Å². The number of primary amides is 1. The summed E-state index contributed by atoms with van der Waals surface area (Å²) in [5, 5.41) is 1.84. The Labute approximate surface area is 196 Å². The molecule has 0 unspecified atom stereocenters. The Balaban J connectivity index is 1.76. The summed E-state index contributed by atoms with van der Waals surface area (Å²) in [5.41, 5.74) is 10.3. The van der Waals surface area contributed by atoms with Gasteiger partial charge in [0.1, 0.15) is 0 Å². The number of nitrogens with zero attached hydrogens (tertiary/aromatic N) is 1. The van der Waals surface area contributed by atoms with Crippen LogP contribution in [0, 0.1) is 13.8 Å². The van der Waals surface area contributed by atoms with Crippen LogP contribution < -0.4 is 15.2 Å². The number of rotatable bonds is 7. The largest absolute Gasteiger partial charge is 0.493 e. The van der Waals surface area contributed by atoms with Crippen LogP contribution in [0.15, 0.2) is 42.5 Å². The molecule has 4 aromatic rings. The lowest BCUT2D eigenvalue weighted by Crippen LogP contribution is -2.13. The smallest absolute Gasteiger partial charge is 0.250 e. The monoisotopic (exact) mass is 468 g/mol. The molecule has 0 radical (unpaired) electrons. The summed E-state index contributed by atoms with van der Waals surface area (Å²) in [4.78, 5) is 13.2. The number of methoxy groups -OCH3 is 2. The minimum Gasteiger partial charge on any atom is -0.493 e. The van der Waals surface area contributed by atoms with Crippen LogP contribution >= 0.6 is 22.9 Å². The van der Waals surface area contributed by atoms with Crippen molar-refractivity contribution in [3.8, 4) is 22.1 Å². The lowest BCUT2D eigenvalue weighted by Gasteiger charge is -2.13. The molecule has 0 aliphatic carbocycles. The van der Waals surface area contributed by atoms with Crippen molar-refractivity contribution >= 4 is 38.9 Å². The second-order valence-electron chi connectivity index (χ2n) is 7.68. The molecule has 2 heterocycles. The summed E-state index contributed by atoms with van der Waals surface area (Å²) in [6.45, 7) is 4.73. The fourth-order valence-corrected chi connectivity index (χ4v) is 5.47. The van der Waals surface area contributed by atoms with Crippen LogP contribution in [0.5, 0.6) is 11.5 Å². The Morgan fingerprint density at radius 3 is 2.50 bits per heavy atom. The predicted molar refractivity (Wildman–Crippen MR) is 132 cm³/mol. The molecule has 7 heteroatoms. The molecule has 0 aliphatic rings. The molecule has 4 rings (SSSR count). The van der Waals surface area contributed by atoms with Gasteiger partial charge in [0.15, 0.2) is 11.5 Å². The topological polar surface area (TPSA) is 66.5 Å². The summed E-state index contributed by atoms with van der Waals surface area (Å²) >= 11 is 7.93. The van der Waals surface area contributed by atoms with Crippen molar-refractivity contribution in [1.29, 1.82) is 0 Å². The molecule has 1 amide bonds. The molecule has 0 saturated carbocycles. The standard InChI is InChI=1S/C25H25ClN2O3S/c1-14-18-12-17(26)6-8-23(18)32-24(14)20-13-19(25(27)29)15(2)28(20)10-9-16-5-7-21(30-3)22(11-16)31-4/h5-8,11-13H,9-10H2,1-4H3,(H2,27,29). The second kappa shape index (κ2) is 8.88. The third-order valence-electron chi connectivity index (χ3n) is 5.83. The van der Waals surface area contributed by atoms with Gasteiger partial charge in [0, 0.05) is 22.0 Å². The van der Waals surface area contributed by atoms with Gasteiger partial charge in [-0.25, -0.2) is 0 Å². The predicted octanol–water partition coefficient (Wildman–Crippen LogP) is 6.00. The van der Waals surface area contributed by atoms with Crippen molar-refractivity contribution in [2.75, 3.05) is 14.2 Å². The number of ether oxygens (including phenoxy) is 2. The SMILES string of the molecule is COc1ccc(CCn2c(-c3sc4ccc(Cl)cc4c3C)cc(C(N)=O)c2C)cc1OC. The Morgan fingerprint density at radius 2 is 1.81 bits per heavy atom. The summed E-state index contributed by atoms with van der Waals surface area (Å²) < 4.78 is 14.1. The molecular weight excluding hydrogens is 444 g/mol. The van der Waals surface area contributed by atoms with E-state index in [9.17, 15) is 4.79 Å². The van der Waals surface area contributed by atoms with Crippen LogP contribution in [0.25, 0.3) is 20.7 Å². The number of hydrogen-bond acceptors (Lipinski definition) is 4. The molecule has 0 fully saturated rings. The van der Waals surface area contributed by atoms with Gasteiger partial charge in [0.2, 0.25) is 0 Å². The van der Waals surface area contributed by atoms with E-state index in [2.05, 4.69) is 11.5 Å². The zero-order valence-corrected chi connectivity index (χ0v) is 20.1. The van der Waals surface area contributed by atoms with E-state index in [0.29, 0.717) is 28.6 Å². The maximum atomic E-state index is 12.1. The fraction of sp³-hybridized carbons (Fsp3) is 0.240. The van der Waals surface area contributed by atoms with Crippen LogP contribution in [-0.2, 0) is 13.0 Å². The van der Waals surface area contributed by atoms with Crippen LogP contribution in [0.2, 0.25) is 5.02 Å². The number of amides is 1. The Kier molecular flexibility index (Phi) is 6.17. The van der Waals surface area contributed by atoms with Crippen molar-refractivity contribution in [1.82, 2.24) is 4.57 Å². The average molecular weight is 469 g/mol. The summed E-state index contributed by atoms with van der Waals surface area (Å²) in [7, 11) is 3.25. The molecule has 0 atom stereocenters. The molecular formula is C25H25ClN2O3S. The first-order valence-electron chi connectivity index (χ1n) is 10.2. The summed E-state index contributed by atoms with van der Waals surface area (Å²) in [5.74, 6) is 0.976. The van der Waals surface area contributed by atoms with Gasteiger partial charge < -0.3 is 19.8 Å². The number of carbonyl (C=O) groups excluding carboxylic acids is 1. The first kappa shape index (κ1) is 22.2. The highest BCUT2D eigenvalue weighted by atomic mass is 35.5. The van der Waals surface area contributed by atoms with Crippen molar-refractivity contribution in [2.45, 2.75) is 26.8 Å². The number of carbonyl (C=O) groups is 1. The van der Waals surface area contributed by atoms with Crippen molar-refractivity contribution < 1.29 is 14.3 Å². The molecule has 32 heavy (non-hydrogen) atoms. The number of nitrogens with two attached hydrogens (primary N) is 1. The van der Waals surface area contributed by atoms with Gasteiger partial charge in [-0.2, -0.15) is 0 Å². The molecule has 0 bridgehead atoms. The molecule has 0 aliphatic heterocycles. The zero-order valence-electron chi connectivity index (χ0n) is 18.5. The maximum absolute atomic E-state index is 12.1. The van der Waals surface area contributed by atoms with Gasteiger partial charge in [-0.1, -0.05) is 17.7 Å². The molecule has 0 saturated heterocycles. The van der Waals surface area contributed by atoms with Gasteiger partial charge >= 0.3 is 0 Å². The van der Waals surface area contributed by atoms with E-state index in [1.165, 1.54) is 0 Å². The quantitative estimate of drug-likeness (QED) is 0.361. The minimum atomic E-state index is -0.421. The molecule has 0 spiro atoms. The van der Waals surface area contributed by atoms with Crippen molar-refractivity contribution in [3.63, 3.8) is 0 Å². The van der Waals surface area contributed by atoms with E-state index < -0.39 is 5.91 Å². The molecule has 2 aromatic heterocycles. The highest BCUT2D eigenvalue weighted by molar-refractivity contribution is 7.22. The zero-order chi connectivity index (χ0) is 23.0. The van der Waals surface area contributed by atoms with Crippen molar-refractivity contribution in [3.05, 3.63) is 69.9 Å². The van der Waals surface area contributed by atoms with Gasteiger partial charge in [-0.15, -0.1) is 11.3 Å². The highest BCUT2D eigenvalue weighted by Gasteiger charge is 2.20. The van der Waals surface area contributed by atoms with Crippen molar-refractivity contribution in [2.24, 2.45) is 5.73 Å². The molecule has 2 aromatic carbocycles. The Bertz CT molecular complexity index is 1320. The Hall–Kier alpha value is -2.96. The lowest BCUT2D eigenvalue weighted by atomic mass is 10.1. The minimum absolute atomic E-state index is 0.421. The molecule has 166 valence electrons. The van der Waals surface area contributed by atoms with E-state index in [4.69, 9.17) is 26.8 Å². The third kappa shape index (κ3) is 3.96. The number of hydrogen-bond donors (Lipinski definition) is 1. The number of aromatic nitrogens is 1. The van der Waals surface area contributed by atoms with E-state index in [0.717, 1.165) is 43.9 Å². The highest BCUT2D eigenvalue weighted by Crippen LogP contribution is 2.40. The first-order chi connectivity index (χ1) is 15.3. The van der Waals surface area contributed by atoms with Crippen LogP contribution in [-0.4, -0.2) is 24.7 Å². The van der Waals surface area contributed by atoms with Crippen LogP contribution in [0.3, 0.4) is 0 Å². The molecule has 2 N–H and O–H groups in total. The van der Waals surface area contributed by atoms with E-state index >= 15 is 0 Å². The van der Waals surface area contributed by atoms with E-state index in [-0.39, 0.29) is 0 Å². The second-order valence-corrected chi connectivity index (χ2v) is 9.17. The molecule has 5 nitrogen and oxygen atoms in total. The van der Waals surface area contributed by atoms with Crippen LogP contribution in [0.1, 0.15) is 27.2 Å². The van der Waals surface area contributed by atoms with Gasteiger partial charge in [0.05, 0.1) is 30.4 Å². The van der Waals surface area contributed by atoms with Gasteiger partial charge in [-0.05, 0) is 73.2 Å². The average Bonchev–Trinajstić information content (AvgIpc) is 3.28. The fourth-order valence-electron chi connectivity index (χ4n) is 4.09. The summed E-state index contributed by atoms with van der Waals surface area (Å²) in [6.07, 6.45) is 0.761. The number of halogens is 1. The normalized spacial score (nSPS) is 11.2. The maximum Gasteiger partial charge on any atom is 0.250 e. The lowest BCUT2D eigenvalue weighted by molar-refractivity contribution is 0.0999. The van der Waals surface area contributed by atoms with Gasteiger partial charge in [0.25, 0.3) is 5.91 Å². The van der Waals surface area contributed by atoms with Crippen LogP contribution in [0.4, 0.5) is 0 Å². The number of fused-ring (bicyclic) bond motifs is 1. The first-order valence-corrected chi connectivity index (χ1v) is 11.4. The number of aryl methyl sites for hydroxylation is 2. The number of benzene rings is 2. The Morgan fingerprint density at radius 1 is 1.06 bits per heavy atom. The summed E-state index contributed by atoms with van der Waals surface area (Å²) in [6, 6.07) is 13.8. The third-order valence-corrected chi connectivity index (χ3v) is 7.37.